The van der Waals surface area contributed by atoms with Gasteiger partial charge in [0.05, 0.1) is 0 Å². The van der Waals surface area contributed by atoms with Crippen molar-refractivity contribution in [1.29, 1.82) is 0 Å². The summed E-state index contributed by atoms with van der Waals surface area (Å²) in [6.07, 6.45) is 2.74. The number of hydrogen-bond donors (Lipinski definition) is 2. The molecule has 2 aromatic rings. The number of rotatable bonds is 9. The van der Waals surface area contributed by atoms with Crippen LogP contribution in [0.4, 0.5) is 4.79 Å². The molecule has 7 heteroatoms. The highest BCUT2D eigenvalue weighted by Crippen LogP contribution is 2.44. The third-order valence-electron chi connectivity index (χ3n) is 6.86. The smallest absolute Gasteiger partial charge is 0.407 e. The fourth-order valence-electron chi connectivity index (χ4n) is 5.24. The van der Waals surface area contributed by atoms with Crippen LogP contribution in [0.2, 0.25) is 0 Å². The third-order valence-corrected chi connectivity index (χ3v) is 6.86. The zero-order valence-electron chi connectivity index (χ0n) is 19.5. The molecule has 0 aromatic heterocycles. The second kappa shape index (κ2) is 10.7. The molecule has 1 aliphatic carbocycles. The summed E-state index contributed by atoms with van der Waals surface area (Å²) in [4.78, 5) is 38.7. The van der Waals surface area contributed by atoms with Gasteiger partial charge in [-0.15, -0.1) is 0 Å². The number of carbonyl (C=O) groups excluding carboxylic acids is 2. The number of amides is 2. The Morgan fingerprint density at radius 2 is 1.74 bits per heavy atom. The van der Waals surface area contributed by atoms with Crippen LogP contribution in [0.15, 0.2) is 48.5 Å². The Labute approximate surface area is 200 Å². The Morgan fingerprint density at radius 3 is 2.35 bits per heavy atom. The first kappa shape index (κ1) is 23.8. The Balaban J connectivity index is 1.39. The number of aliphatic carboxylic acids is 1. The van der Waals surface area contributed by atoms with Gasteiger partial charge in [-0.3, -0.25) is 9.59 Å². The van der Waals surface area contributed by atoms with Crippen molar-refractivity contribution in [2.24, 2.45) is 0 Å². The first-order valence-electron chi connectivity index (χ1n) is 12.1. The van der Waals surface area contributed by atoms with Crippen LogP contribution in [0.3, 0.4) is 0 Å². The predicted molar refractivity (Wildman–Crippen MR) is 129 cm³/mol. The van der Waals surface area contributed by atoms with Gasteiger partial charge in [-0.2, -0.15) is 0 Å². The number of fused-ring (bicyclic) bond motifs is 3. The van der Waals surface area contributed by atoms with Gasteiger partial charge in [-0.05, 0) is 47.9 Å². The topological polar surface area (TPSA) is 95.9 Å². The largest absolute Gasteiger partial charge is 0.481 e. The summed E-state index contributed by atoms with van der Waals surface area (Å²) in [6, 6.07) is 15.5. The van der Waals surface area contributed by atoms with E-state index in [1.54, 1.807) is 4.90 Å². The normalized spacial score (nSPS) is 17.7. The van der Waals surface area contributed by atoms with Crippen molar-refractivity contribution in [2.45, 2.75) is 63.5 Å². The molecule has 2 aliphatic rings. The van der Waals surface area contributed by atoms with E-state index in [1.165, 1.54) is 0 Å². The SMILES string of the molecule is CCC[C@@H](NC(=O)OCC1c2ccccc2-c2ccccc21)C(=O)N1CCCC1CCC(=O)O. The Morgan fingerprint density at radius 1 is 1.09 bits per heavy atom. The molecule has 180 valence electrons. The van der Waals surface area contributed by atoms with E-state index in [0.717, 1.165) is 41.5 Å². The molecule has 0 radical (unpaired) electrons. The van der Waals surface area contributed by atoms with Crippen molar-refractivity contribution in [2.75, 3.05) is 13.2 Å². The molecular formula is C27H32N2O5. The van der Waals surface area contributed by atoms with Crippen LogP contribution in [0.25, 0.3) is 11.1 Å². The molecule has 2 amide bonds. The lowest BCUT2D eigenvalue weighted by molar-refractivity contribution is -0.139. The summed E-state index contributed by atoms with van der Waals surface area (Å²) in [6.45, 7) is 2.75. The van der Waals surface area contributed by atoms with Gasteiger partial charge >= 0.3 is 12.1 Å². The molecule has 2 atom stereocenters. The molecule has 0 bridgehead atoms. The van der Waals surface area contributed by atoms with E-state index in [-0.39, 0.29) is 30.9 Å². The number of hydrogen-bond acceptors (Lipinski definition) is 4. The minimum absolute atomic E-state index is 0.0344. The summed E-state index contributed by atoms with van der Waals surface area (Å²) in [5, 5.41) is 11.8. The fraction of sp³-hybridized carbons (Fsp3) is 0.444. The first-order valence-corrected chi connectivity index (χ1v) is 12.1. The van der Waals surface area contributed by atoms with Crippen molar-refractivity contribution in [3.63, 3.8) is 0 Å². The number of nitrogens with zero attached hydrogens (tertiary/aromatic N) is 1. The summed E-state index contributed by atoms with van der Waals surface area (Å²) in [5.41, 5.74) is 4.59. The quantitative estimate of drug-likeness (QED) is 0.568. The maximum Gasteiger partial charge on any atom is 0.407 e. The van der Waals surface area contributed by atoms with Crippen molar-refractivity contribution in [3.05, 3.63) is 59.7 Å². The van der Waals surface area contributed by atoms with Crippen molar-refractivity contribution in [1.82, 2.24) is 10.2 Å². The van der Waals surface area contributed by atoms with Crippen molar-refractivity contribution < 1.29 is 24.2 Å². The maximum atomic E-state index is 13.2. The minimum atomic E-state index is -0.860. The summed E-state index contributed by atoms with van der Waals surface area (Å²) in [7, 11) is 0. The van der Waals surface area contributed by atoms with Gasteiger partial charge in [0.1, 0.15) is 12.6 Å². The van der Waals surface area contributed by atoms with Crippen LogP contribution in [-0.2, 0) is 14.3 Å². The number of likely N-dealkylation sites (tertiary alicyclic amines) is 1. The Kier molecular flexibility index (Phi) is 7.50. The van der Waals surface area contributed by atoms with Gasteiger partial charge in [0, 0.05) is 24.9 Å². The molecule has 1 heterocycles. The molecule has 2 aromatic carbocycles. The molecule has 7 nitrogen and oxygen atoms in total. The first-order chi connectivity index (χ1) is 16.5. The number of carbonyl (C=O) groups is 3. The van der Waals surface area contributed by atoms with Gasteiger partial charge in [0.25, 0.3) is 0 Å². The number of ether oxygens (including phenoxy) is 1. The number of carboxylic acid groups (broad SMARTS) is 1. The molecular weight excluding hydrogens is 432 g/mol. The monoisotopic (exact) mass is 464 g/mol. The Hall–Kier alpha value is -3.35. The lowest BCUT2D eigenvalue weighted by Gasteiger charge is -2.29. The second-order valence-corrected chi connectivity index (χ2v) is 9.07. The minimum Gasteiger partial charge on any atom is -0.481 e. The average Bonchev–Trinajstić information content (AvgIpc) is 3.43. The zero-order chi connectivity index (χ0) is 24.1. The molecule has 1 aliphatic heterocycles. The molecule has 0 spiro atoms. The van der Waals surface area contributed by atoms with Gasteiger partial charge in [0.15, 0.2) is 0 Å². The van der Waals surface area contributed by atoms with Crippen LogP contribution in [0.1, 0.15) is 62.5 Å². The van der Waals surface area contributed by atoms with E-state index < -0.39 is 18.1 Å². The van der Waals surface area contributed by atoms with Crippen molar-refractivity contribution >= 4 is 18.0 Å². The lowest BCUT2D eigenvalue weighted by atomic mass is 9.98. The van der Waals surface area contributed by atoms with Gasteiger partial charge < -0.3 is 20.1 Å². The molecule has 2 N–H and O–H groups in total. The molecule has 4 rings (SSSR count). The number of alkyl carbamates (subject to hydrolysis) is 1. The Bertz CT molecular complexity index is 1010. The number of nitrogens with one attached hydrogen (secondary N) is 1. The summed E-state index contributed by atoms with van der Waals surface area (Å²) < 4.78 is 5.64. The average molecular weight is 465 g/mol. The lowest BCUT2D eigenvalue weighted by Crippen LogP contribution is -2.50. The van der Waals surface area contributed by atoms with Crippen LogP contribution in [0, 0.1) is 0 Å². The van der Waals surface area contributed by atoms with Crippen molar-refractivity contribution in [3.8, 4) is 11.1 Å². The maximum absolute atomic E-state index is 13.2. The van der Waals surface area contributed by atoms with Crippen LogP contribution in [0.5, 0.6) is 0 Å². The zero-order valence-corrected chi connectivity index (χ0v) is 19.5. The van der Waals surface area contributed by atoms with E-state index in [4.69, 9.17) is 9.84 Å². The summed E-state index contributed by atoms with van der Waals surface area (Å²) in [5.74, 6) is -1.05. The standard InChI is InChI=1S/C27H32N2O5/c1-2-8-24(26(32)29-16-7-9-18(29)14-15-25(30)31)28-27(33)34-17-23-21-12-5-3-10-19(21)20-11-4-6-13-22(20)23/h3-6,10-13,18,23-24H,2,7-9,14-17H2,1H3,(H,28,33)(H,30,31)/t18?,24-/m1/s1. The fourth-order valence-corrected chi connectivity index (χ4v) is 5.24. The molecule has 1 unspecified atom stereocenters. The van der Waals surface area contributed by atoms with Crippen LogP contribution >= 0.6 is 0 Å². The molecule has 34 heavy (non-hydrogen) atoms. The number of benzene rings is 2. The van der Waals surface area contributed by atoms with Gasteiger partial charge in [-0.1, -0.05) is 61.9 Å². The molecule has 1 saturated heterocycles. The highest BCUT2D eigenvalue weighted by Gasteiger charge is 2.34. The van der Waals surface area contributed by atoms with E-state index in [1.807, 2.05) is 31.2 Å². The van der Waals surface area contributed by atoms with E-state index in [0.29, 0.717) is 19.4 Å². The highest BCUT2D eigenvalue weighted by molar-refractivity contribution is 5.86. The summed E-state index contributed by atoms with van der Waals surface area (Å²) >= 11 is 0. The highest BCUT2D eigenvalue weighted by atomic mass is 16.5. The number of carboxylic acids is 1. The predicted octanol–water partition coefficient (Wildman–Crippen LogP) is 4.55. The van der Waals surface area contributed by atoms with Crippen LogP contribution in [-0.4, -0.2) is 53.2 Å². The third kappa shape index (κ3) is 5.08. The van der Waals surface area contributed by atoms with Gasteiger partial charge in [0.2, 0.25) is 5.91 Å². The molecule has 0 saturated carbocycles. The van der Waals surface area contributed by atoms with E-state index >= 15 is 0 Å². The van der Waals surface area contributed by atoms with E-state index in [2.05, 4.69) is 29.6 Å². The molecule has 1 fully saturated rings. The van der Waals surface area contributed by atoms with Crippen LogP contribution < -0.4 is 5.32 Å². The van der Waals surface area contributed by atoms with Gasteiger partial charge in [-0.25, -0.2) is 4.79 Å². The van der Waals surface area contributed by atoms with E-state index in [9.17, 15) is 14.4 Å². The second-order valence-electron chi connectivity index (χ2n) is 9.07.